The molecule has 4 nitrogen and oxygen atoms in total. The molecule has 1 aromatic carbocycles. The van der Waals surface area contributed by atoms with Gasteiger partial charge in [0.15, 0.2) is 0 Å². The lowest BCUT2D eigenvalue weighted by molar-refractivity contribution is 0.441. The van der Waals surface area contributed by atoms with E-state index in [0.29, 0.717) is 0 Å². The van der Waals surface area contributed by atoms with E-state index >= 15 is 0 Å². The first-order chi connectivity index (χ1) is 6.61. The third kappa shape index (κ3) is 4.48. The Kier molecular flexibility index (Phi) is 6.26. The zero-order valence-electron chi connectivity index (χ0n) is 9.21. The maximum atomic E-state index is 5.65. The first-order valence-corrected chi connectivity index (χ1v) is 4.40. The number of rotatable bonds is 1. The zero-order chi connectivity index (χ0) is 10.6. The van der Waals surface area contributed by atoms with E-state index in [4.69, 9.17) is 5.84 Å². The van der Waals surface area contributed by atoms with Crippen LogP contribution in [0.15, 0.2) is 35.3 Å². The SMILES string of the molecule is CN(C)C(=Nc1ccccc1)N(C)N.I. The van der Waals surface area contributed by atoms with Crippen molar-refractivity contribution in [2.45, 2.75) is 0 Å². The van der Waals surface area contributed by atoms with Crippen LogP contribution in [0, 0.1) is 0 Å². The summed E-state index contributed by atoms with van der Waals surface area (Å²) >= 11 is 0. The summed E-state index contributed by atoms with van der Waals surface area (Å²) < 4.78 is 0. The average Bonchev–Trinajstić information content (AvgIpc) is 2.15. The summed E-state index contributed by atoms with van der Waals surface area (Å²) in [5, 5.41) is 1.49. The molecule has 0 atom stereocenters. The molecule has 0 saturated heterocycles. The van der Waals surface area contributed by atoms with Gasteiger partial charge in [-0.05, 0) is 12.1 Å². The monoisotopic (exact) mass is 320 g/mol. The van der Waals surface area contributed by atoms with Gasteiger partial charge in [0.05, 0.1) is 5.69 Å². The summed E-state index contributed by atoms with van der Waals surface area (Å²) in [7, 11) is 5.58. The Bertz CT molecular complexity index is 298. The smallest absolute Gasteiger partial charge is 0.215 e. The van der Waals surface area contributed by atoms with Crippen molar-refractivity contribution in [2.24, 2.45) is 10.8 Å². The van der Waals surface area contributed by atoms with Gasteiger partial charge in [-0.2, -0.15) is 0 Å². The first-order valence-electron chi connectivity index (χ1n) is 4.40. The second-order valence-electron chi connectivity index (χ2n) is 3.25. The lowest BCUT2D eigenvalue weighted by Crippen LogP contribution is -2.42. The Morgan fingerprint density at radius 2 is 1.67 bits per heavy atom. The predicted molar refractivity (Wildman–Crippen MR) is 74.6 cm³/mol. The normalized spacial score (nSPS) is 10.5. The summed E-state index contributed by atoms with van der Waals surface area (Å²) in [4.78, 5) is 6.27. The number of halogens is 1. The summed E-state index contributed by atoms with van der Waals surface area (Å²) in [6, 6.07) is 9.73. The Labute approximate surface area is 108 Å². The van der Waals surface area contributed by atoms with Crippen molar-refractivity contribution in [1.29, 1.82) is 0 Å². The van der Waals surface area contributed by atoms with Crippen LogP contribution in [-0.4, -0.2) is 37.0 Å². The minimum absolute atomic E-state index is 0. The van der Waals surface area contributed by atoms with Gasteiger partial charge in [0, 0.05) is 21.1 Å². The van der Waals surface area contributed by atoms with Gasteiger partial charge in [-0.15, -0.1) is 24.0 Å². The largest absolute Gasteiger partial charge is 0.348 e. The van der Waals surface area contributed by atoms with Crippen LogP contribution in [0.1, 0.15) is 0 Å². The van der Waals surface area contributed by atoms with Crippen LogP contribution in [0.2, 0.25) is 0 Å². The lowest BCUT2D eigenvalue weighted by atomic mass is 10.3. The molecule has 0 fully saturated rings. The molecular formula is C10H17IN4. The molecule has 2 N–H and O–H groups in total. The molecule has 0 aliphatic rings. The van der Waals surface area contributed by atoms with Crippen molar-refractivity contribution >= 4 is 35.6 Å². The highest BCUT2D eigenvalue weighted by Crippen LogP contribution is 2.10. The standard InChI is InChI=1S/C10H16N4.HI/c1-13(2)10(14(3)11)12-9-7-5-4-6-8-9;/h4-8H,11H2,1-3H3;1H. The lowest BCUT2D eigenvalue weighted by Gasteiger charge is -2.21. The van der Waals surface area contributed by atoms with Crippen molar-refractivity contribution in [3.8, 4) is 0 Å². The summed E-state index contributed by atoms with van der Waals surface area (Å²) in [6.45, 7) is 0. The molecule has 0 aliphatic heterocycles. The number of hydrazine groups is 1. The molecular weight excluding hydrogens is 303 g/mol. The van der Waals surface area contributed by atoms with Gasteiger partial charge >= 0.3 is 0 Å². The molecule has 0 spiro atoms. The molecule has 0 heterocycles. The van der Waals surface area contributed by atoms with E-state index in [2.05, 4.69) is 4.99 Å². The van der Waals surface area contributed by atoms with Crippen molar-refractivity contribution in [3.63, 3.8) is 0 Å². The first kappa shape index (κ1) is 14.2. The van der Waals surface area contributed by atoms with Crippen molar-refractivity contribution in [1.82, 2.24) is 9.91 Å². The minimum Gasteiger partial charge on any atom is -0.348 e. The number of aliphatic imine (C=N–C) groups is 1. The maximum absolute atomic E-state index is 5.65. The third-order valence-electron chi connectivity index (χ3n) is 1.70. The highest BCUT2D eigenvalue weighted by molar-refractivity contribution is 14.0. The fourth-order valence-electron chi connectivity index (χ4n) is 1.11. The van der Waals surface area contributed by atoms with Gasteiger partial charge in [0.2, 0.25) is 5.96 Å². The molecule has 0 aliphatic carbocycles. The molecule has 5 heteroatoms. The second kappa shape index (κ2) is 6.62. The van der Waals surface area contributed by atoms with Crippen LogP contribution >= 0.6 is 24.0 Å². The number of hydrogen-bond acceptors (Lipinski definition) is 2. The Morgan fingerprint density at radius 3 is 2.07 bits per heavy atom. The van der Waals surface area contributed by atoms with E-state index in [0.717, 1.165) is 11.6 Å². The number of nitrogens with two attached hydrogens (primary N) is 1. The topological polar surface area (TPSA) is 44.9 Å². The van der Waals surface area contributed by atoms with Crippen LogP contribution < -0.4 is 5.84 Å². The fourth-order valence-corrected chi connectivity index (χ4v) is 1.11. The summed E-state index contributed by atoms with van der Waals surface area (Å²) in [5.74, 6) is 6.37. The Balaban J connectivity index is 0.00000196. The minimum atomic E-state index is 0. The molecule has 1 rings (SSSR count). The average molecular weight is 320 g/mol. The van der Waals surface area contributed by atoms with Crippen molar-refractivity contribution < 1.29 is 0 Å². The second-order valence-corrected chi connectivity index (χ2v) is 3.25. The maximum Gasteiger partial charge on any atom is 0.215 e. The van der Waals surface area contributed by atoms with Gasteiger partial charge in [0.1, 0.15) is 0 Å². The fraction of sp³-hybridized carbons (Fsp3) is 0.300. The predicted octanol–water partition coefficient (Wildman–Crippen LogP) is 1.66. The Hall–Kier alpha value is -0.820. The van der Waals surface area contributed by atoms with E-state index in [1.165, 1.54) is 5.01 Å². The molecule has 1 aromatic rings. The van der Waals surface area contributed by atoms with Gasteiger partial charge in [-0.1, -0.05) is 18.2 Å². The summed E-state index contributed by atoms with van der Waals surface area (Å²) in [6.07, 6.45) is 0. The molecule has 0 saturated carbocycles. The number of para-hydroxylation sites is 1. The number of benzene rings is 1. The van der Waals surface area contributed by atoms with Crippen molar-refractivity contribution in [2.75, 3.05) is 21.1 Å². The molecule has 0 amide bonds. The van der Waals surface area contributed by atoms with Gasteiger partial charge in [0.25, 0.3) is 0 Å². The van der Waals surface area contributed by atoms with E-state index in [1.807, 2.05) is 49.3 Å². The number of nitrogens with zero attached hydrogens (tertiary/aromatic N) is 3. The zero-order valence-corrected chi connectivity index (χ0v) is 11.5. The van der Waals surface area contributed by atoms with Crippen LogP contribution in [0.4, 0.5) is 5.69 Å². The van der Waals surface area contributed by atoms with Crippen molar-refractivity contribution in [3.05, 3.63) is 30.3 Å². The van der Waals surface area contributed by atoms with Crippen LogP contribution in [0.5, 0.6) is 0 Å². The molecule has 15 heavy (non-hydrogen) atoms. The van der Waals surface area contributed by atoms with E-state index in [9.17, 15) is 0 Å². The molecule has 0 unspecified atom stereocenters. The molecule has 0 bridgehead atoms. The van der Waals surface area contributed by atoms with E-state index in [1.54, 1.807) is 7.05 Å². The summed E-state index contributed by atoms with van der Waals surface area (Å²) in [5.41, 5.74) is 0.897. The van der Waals surface area contributed by atoms with Gasteiger partial charge < -0.3 is 4.90 Å². The van der Waals surface area contributed by atoms with Crippen LogP contribution in [0.25, 0.3) is 0 Å². The number of hydrogen-bond donors (Lipinski definition) is 1. The highest BCUT2D eigenvalue weighted by atomic mass is 127. The quantitative estimate of drug-likeness (QED) is 0.281. The van der Waals surface area contributed by atoms with Crippen LogP contribution in [-0.2, 0) is 0 Å². The van der Waals surface area contributed by atoms with E-state index in [-0.39, 0.29) is 24.0 Å². The third-order valence-corrected chi connectivity index (χ3v) is 1.70. The molecule has 0 radical (unpaired) electrons. The van der Waals surface area contributed by atoms with Gasteiger partial charge in [-0.3, -0.25) is 5.01 Å². The molecule has 0 aromatic heterocycles. The molecule has 84 valence electrons. The van der Waals surface area contributed by atoms with Gasteiger partial charge in [-0.25, -0.2) is 10.8 Å². The van der Waals surface area contributed by atoms with E-state index < -0.39 is 0 Å². The Morgan fingerprint density at radius 1 is 1.13 bits per heavy atom. The highest BCUT2D eigenvalue weighted by Gasteiger charge is 2.04. The number of guanidine groups is 1. The van der Waals surface area contributed by atoms with Crippen LogP contribution in [0.3, 0.4) is 0 Å².